The number of sulfonamides is 1. The minimum absolute atomic E-state index is 0.0859. The lowest BCUT2D eigenvalue weighted by Crippen LogP contribution is -2.29. The van der Waals surface area contributed by atoms with Crippen molar-refractivity contribution in [3.05, 3.63) is 41.0 Å². The third-order valence-corrected chi connectivity index (χ3v) is 6.08. The first kappa shape index (κ1) is 13.5. The summed E-state index contributed by atoms with van der Waals surface area (Å²) in [5.41, 5.74) is 2.80. The van der Waals surface area contributed by atoms with Gasteiger partial charge in [0.2, 0.25) is 10.0 Å². The number of allylic oxidation sites excluding steroid dienone is 1. The van der Waals surface area contributed by atoms with Crippen molar-refractivity contribution in [2.45, 2.75) is 25.2 Å². The summed E-state index contributed by atoms with van der Waals surface area (Å²) in [6, 6.07) is 6.89. The molecule has 20 heavy (non-hydrogen) atoms. The molecule has 0 amide bonds. The van der Waals surface area contributed by atoms with Crippen LogP contribution in [-0.4, -0.2) is 31.6 Å². The Bertz CT molecular complexity index is 701. The van der Waals surface area contributed by atoms with Crippen molar-refractivity contribution in [1.82, 2.24) is 4.31 Å². The van der Waals surface area contributed by atoms with E-state index >= 15 is 0 Å². The van der Waals surface area contributed by atoms with Crippen molar-refractivity contribution >= 4 is 15.8 Å². The standard InChI is InChI=1S/C15H17NO3S/c1-10-3-5-13(6-4-10)20(18,19)16-8-12-7-15(17)11(2)14(12)9-16/h3-6,12H,7-9H2,1-2H3/t12-/m1/s1. The van der Waals surface area contributed by atoms with E-state index in [0.29, 0.717) is 24.4 Å². The number of nitrogens with zero attached hydrogens (tertiary/aromatic N) is 1. The minimum Gasteiger partial charge on any atom is -0.295 e. The van der Waals surface area contributed by atoms with Crippen LogP contribution in [0.25, 0.3) is 0 Å². The zero-order chi connectivity index (χ0) is 14.5. The number of hydrogen-bond acceptors (Lipinski definition) is 3. The topological polar surface area (TPSA) is 54.5 Å². The first-order valence-corrected chi connectivity index (χ1v) is 8.13. The quantitative estimate of drug-likeness (QED) is 0.836. The second-order valence-corrected chi connectivity index (χ2v) is 7.52. The normalized spacial score (nSPS) is 23.5. The number of hydrogen-bond donors (Lipinski definition) is 0. The van der Waals surface area contributed by atoms with Crippen molar-refractivity contribution in [3.8, 4) is 0 Å². The van der Waals surface area contributed by atoms with Crippen LogP contribution in [0.15, 0.2) is 40.3 Å². The molecule has 1 aliphatic carbocycles. The average Bonchev–Trinajstić information content (AvgIpc) is 2.92. The number of Topliss-reactive ketones (excluding diaryl/α,β-unsaturated/α-hetero) is 1. The summed E-state index contributed by atoms with van der Waals surface area (Å²) in [5, 5.41) is 0. The van der Waals surface area contributed by atoms with E-state index in [2.05, 4.69) is 0 Å². The lowest BCUT2D eigenvalue weighted by atomic mass is 10.1. The molecule has 5 heteroatoms. The number of ketones is 1. The van der Waals surface area contributed by atoms with Crippen LogP contribution in [0.4, 0.5) is 0 Å². The molecule has 1 fully saturated rings. The molecule has 4 nitrogen and oxygen atoms in total. The molecule has 1 aliphatic heterocycles. The van der Waals surface area contributed by atoms with Gasteiger partial charge < -0.3 is 0 Å². The highest BCUT2D eigenvalue weighted by atomic mass is 32.2. The third-order valence-electron chi connectivity index (χ3n) is 4.25. The maximum atomic E-state index is 12.6. The van der Waals surface area contributed by atoms with Crippen LogP contribution in [-0.2, 0) is 14.8 Å². The lowest BCUT2D eigenvalue weighted by Gasteiger charge is -2.16. The van der Waals surface area contributed by atoms with Crippen LogP contribution in [0.1, 0.15) is 18.9 Å². The van der Waals surface area contributed by atoms with Crippen LogP contribution in [0.3, 0.4) is 0 Å². The molecule has 0 unspecified atom stereocenters. The molecule has 1 heterocycles. The highest BCUT2D eigenvalue weighted by Gasteiger charge is 2.41. The van der Waals surface area contributed by atoms with Gasteiger partial charge in [0.05, 0.1) is 4.90 Å². The average molecular weight is 291 g/mol. The molecule has 0 aromatic heterocycles. The summed E-state index contributed by atoms with van der Waals surface area (Å²) in [6.07, 6.45) is 0.459. The number of aryl methyl sites for hydroxylation is 1. The Morgan fingerprint density at radius 2 is 1.80 bits per heavy atom. The minimum atomic E-state index is -3.45. The van der Waals surface area contributed by atoms with E-state index in [9.17, 15) is 13.2 Å². The Kier molecular flexibility index (Phi) is 3.06. The van der Waals surface area contributed by atoms with Crippen LogP contribution in [0, 0.1) is 12.8 Å². The van der Waals surface area contributed by atoms with Crippen LogP contribution in [0.5, 0.6) is 0 Å². The van der Waals surface area contributed by atoms with Gasteiger partial charge in [0.1, 0.15) is 0 Å². The van der Waals surface area contributed by atoms with E-state index in [1.807, 2.05) is 6.92 Å². The fourth-order valence-corrected chi connectivity index (χ4v) is 4.41. The molecule has 1 aromatic rings. The van der Waals surface area contributed by atoms with Gasteiger partial charge in [0.15, 0.2) is 5.78 Å². The number of rotatable bonds is 2. The first-order chi connectivity index (χ1) is 9.39. The number of fused-ring (bicyclic) bond motifs is 1. The van der Waals surface area contributed by atoms with Gasteiger partial charge in [0.25, 0.3) is 0 Å². The highest BCUT2D eigenvalue weighted by Crippen LogP contribution is 2.37. The SMILES string of the molecule is CC1=C2CN(S(=O)(=O)c3ccc(C)cc3)C[C@H]2CC1=O. The molecule has 0 saturated carbocycles. The predicted octanol–water partition coefficient (Wildman–Crippen LogP) is 1.90. The predicted molar refractivity (Wildman–Crippen MR) is 75.8 cm³/mol. The largest absolute Gasteiger partial charge is 0.295 e. The van der Waals surface area contributed by atoms with Gasteiger partial charge in [-0.3, -0.25) is 4.79 Å². The maximum absolute atomic E-state index is 12.6. The van der Waals surface area contributed by atoms with Gasteiger partial charge in [-0.15, -0.1) is 0 Å². The molecule has 1 aromatic carbocycles. The van der Waals surface area contributed by atoms with Crippen LogP contribution in [0.2, 0.25) is 0 Å². The van der Waals surface area contributed by atoms with E-state index < -0.39 is 10.0 Å². The van der Waals surface area contributed by atoms with Crippen molar-refractivity contribution in [2.24, 2.45) is 5.92 Å². The zero-order valence-corrected chi connectivity index (χ0v) is 12.4. The highest BCUT2D eigenvalue weighted by molar-refractivity contribution is 7.89. The first-order valence-electron chi connectivity index (χ1n) is 6.69. The number of carbonyl (C=O) groups excluding carboxylic acids is 1. The van der Waals surface area contributed by atoms with Gasteiger partial charge in [-0.25, -0.2) is 8.42 Å². The third kappa shape index (κ3) is 2.01. The fraction of sp³-hybridized carbons (Fsp3) is 0.400. The number of carbonyl (C=O) groups is 1. The van der Waals surface area contributed by atoms with Crippen molar-refractivity contribution in [2.75, 3.05) is 13.1 Å². The Hall–Kier alpha value is -1.46. The molecule has 0 spiro atoms. The lowest BCUT2D eigenvalue weighted by molar-refractivity contribution is -0.115. The smallest absolute Gasteiger partial charge is 0.243 e. The van der Waals surface area contributed by atoms with E-state index in [1.54, 1.807) is 31.2 Å². The molecule has 1 saturated heterocycles. The molecule has 0 N–H and O–H groups in total. The Labute approximate surface area is 119 Å². The van der Waals surface area contributed by atoms with Crippen molar-refractivity contribution in [3.63, 3.8) is 0 Å². The van der Waals surface area contributed by atoms with Crippen molar-refractivity contribution in [1.29, 1.82) is 0 Å². The fourth-order valence-electron chi connectivity index (χ4n) is 2.95. The van der Waals surface area contributed by atoms with E-state index in [0.717, 1.165) is 16.7 Å². The zero-order valence-electron chi connectivity index (χ0n) is 11.6. The summed E-state index contributed by atoms with van der Waals surface area (Å²) in [7, 11) is -3.45. The monoisotopic (exact) mass is 291 g/mol. The van der Waals surface area contributed by atoms with E-state index in [4.69, 9.17) is 0 Å². The molecular weight excluding hydrogens is 274 g/mol. The van der Waals surface area contributed by atoms with Gasteiger partial charge in [-0.1, -0.05) is 17.7 Å². The summed E-state index contributed by atoms with van der Waals surface area (Å²) < 4.78 is 26.7. The molecule has 2 aliphatic rings. The summed E-state index contributed by atoms with van der Waals surface area (Å²) >= 11 is 0. The molecule has 106 valence electrons. The second-order valence-electron chi connectivity index (χ2n) is 5.59. The van der Waals surface area contributed by atoms with Gasteiger partial charge in [-0.05, 0) is 37.1 Å². The molecule has 1 atom stereocenters. The van der Waals surface area contributed by atoms with Gasteiger partial charge >= 0.3 is 0 Å². The summed E-state index contributed by atoms with van der Waals surface area (Å²) in [5.74, 6) is 0.250. The molecule has 0 radical (unpaired) electrons. The Balaban J connectivity index is 1.92. The molecule has 0 bridgehead atoms. The van der Waals surface area contributed by atoms with E-state index in [-0.39, 0.29) is 11.7 Å². The van der Waals surface area contributed by atoms with Crippen LogP contribution < -0.4 is 0 Å². The Morgan fingerprint density at radius 3 is 2.40 bits per heavy atom. The summed E-state index contributed by atoms with van der Waals surface area (Å²) in [6.45, 7) is 4.52. The molecule has 3 rings (SSSR count). The second kappa shape index (κ2) is 4.53. The maximum Gasteiger partial charge on any atom is 0.243 e. The Morgan fingerprint density at radius 1 is 1.15 bits per heavy atom. The van der Waals surface area contributed by atoms with E-state index in [1.165, 1.54) is 4.31 Å². The summed E-state index contributed by atoms with van der Waals surface area (Å²) in [4.78, 5) is 12.0. The van der Waals surface area contributed by atoms with Gasteiger partial charge in [-0.2, -0.15) is 4.31 Å². The number of benzene rings is 1. The molecular formula is C15H17NO3S. The van der Waals surface area contributed by atoms with Crippen molar-refractivity contribution < 1.29 is 13.2 Å². The van der Waals surface area contributed by atoms with Crippen LogP contribution >= 0.6 is 0 Å². The van der Waals surface area contributed by atoms with Gasteiger partial charge in [0, 0.05) is 25.4 Å².